The van der Waals surface area contributed by atoms with E-state index in [1.807, 2.05) is 45.9 Å². The molecule has 0 bridgehead atoms. The molecule has 0 fully saturated rings. The summed E-state index contributed by atoms with van der Waals surface area (Å²) in [5.74, 6) is -0.614. The highest BCUT2D eigenvalue weighted by Gasteiger charge is 2.26. The summed E-state index contributed by atoms with van der Waals surface area (Å²) in [5.41, 5.74) is 4.95. The van der Waals surface area contributed by atoms with Gasteiger partial charge in [-0.15, -0.1) is 11.3 Å². The average Bonchev–Trinajstić information content (AvgIpc) is 3.10. The number of fused-ring (bicyclic) bond motifs is 1. The van der Waals surface area contributed by atoms with Crippen molar-refractivity contribution in [1.82, 2.24) is 0 Å². The first-order valence-corrected chi connectivity index (χ1v) is 11.9. The normalized spacial score (nSPS) is 11.7. The zero-order chi connectivity index (χ0) is 25.2. The highest BCUT2D eigenvalue weighted by atomic mass is 32.1. The maximum Gasteiger partial charge on any atom is 0.341 e. The van der Waals surface area contributed by atoms with Gasteiger partial charge in [-0.3, -0.25) is 9.59 Å². The average molecular weight is 483 g/mol. The van der Waals surface area contributed by atoms with Crippen molar-refractivity contribution in [3.63, 3.8) is 0 Å². The smallest absolute Gasteiger partial charge is 0.341 e. The van der Waals surface area contributed by atoms with Crippen molar-refractivity contribution in [2.75, 3.05) is 17.2 Å². The number of anilines is 2. The number of carbonyl (C=O) groups is 3. The molecule has 1 aromatic heterocycles. The molecule has 2 aromatic carbocycles. The van der Waals surface area contributed by atoms with Crippen LogP contribution in [0, 0.1) is 27.7 Å². The molecule has 0 radical (unpaired) electrons. The zero-order valence-electron chi connectivity index (χ0n) is 20.5. The fourth-order valence-electron chi connectivity index (χ4n) is 3.87. The Labute approximate surface area is 203 Å². The van der Waals surface area contributed by atoms with Crippen molar-refractivity contribution in [2.45, 2.75) is 54.6 Å². The number of hydrogen-bond acceptors (Lipinski definition) is 6. The Hall–Kier alpha value is -3.39. The highest BCUT2D eigenvalue weighted by molar-refractivity contribution is 7.24. The van der Waals surface area contributed by atoms with E-state index in [2.05, 4.69) is 10.6 Å². The Morgan fingerprint density at radius 3 is 2.24 bits per heavy atom. The first-order chi connectivity index (χ1) is 16.0. The quantitative estimate of drug-likeness (QED) is 0.423. The minimum atomic E-state index is -0.804. The summed E-state index contributed by atoms with van der Waals surface area (Å²) in [6.07, 6.45) is -0.804. The Balaban J connectivity index is 1.97. The number of ether oxygens (including phenoxy) is 2. The van der Waals surface area contributed by atoms with Gasteiger partial charge < -0.3 is 20.1 Å². The molecular weight excluding hydrogens is 452 g/mol. The second kappa shape index (κ2) is 10.3. The molecule has 0 saturated carbocycles. The molecule has 8 heteroatoms. The summed E-state index contributed by atoms with van der Waals surface area (Å²) in [4.78, 5) is 37.4. The lowest BCUT2D eigenvalue weighted by atomic mass is 10.0. The second-order valence-electron chi connectivity index (χ2n) is 8.32. The number of hydrogen-bond donors (Lipinski definition) is 2. The second-order valence-corrected chi connectivity index (χ2v) is 9.34. The summed E-state index contributed by atoms with van der Waals surface area (Å²) in [7, 11) is 0. The Morgan fingerprint density at radius 1 is 1.00 bits per heavy atom. The number of rotatable bonds is 7. The third-order valence-electron chi connectivity index (χ3n) is 5.37. The van der Waals surface area contributed by atoms with E-state index in [4.69, 9.17) is 9.47 Å². The van der Waals surface area contributed by atoms with Crippen LogP contribution >= 0.6 is 11.3 Å². The molecule has 0 unspecified atom stereocenters. The van der Waals surface area contributed by atoms with E-state index in [0.717, 1.165) is 27.9 Å². The van der Waals surface area contributed by atoms with Crippen LogP contribution in [-0.4, -0.2) is 30.5 Å². The molecule has 0 aliphatic heterocycles. The molecule has 0 aliphatic carbocycles. The fourth-order valence-corrected chi connectivity index (χ4v) is 5.14. The lowest BCUT2D eigenvalue weighted by Crippen LogP contribution is -2.31. The van der Waals surface area contributed by atoms with E-state index >= 15 is 0 Å². The largest absolute Gasteiger partial charge is 0.479 e. The van der Waals surface area contributed by atoms with E-state index in [9.17, 15) is 14.4 Å². The van der Waals surface area contributed by atoms with Gasteiger partial charge in [0.05, 0.1) is 11.3 Å². The van der Waals surface area contributed by atoms with E-state index in [-0.39, 0.29) is 24.0 Å². The molecule has 2 amide bonds. The monoisotopic (exact) mass is 482 g/mol. The Morgan fingerprint density at radius 2 is 1.65 bits per heavy atom. The highest BCUT2D eigenvalue weighted by Crippen LogP contribution is 2.43. The lowest BCUT2D eigenvalue weighted by molar-refractivity contribution is -0.122. The van der Waals surface area contributed by atoms with Crippen molar-refractivity contribution in [1.29, 1.82) is 0 Å². The van der Waals surface area contributed by atoms with Gasteiger partial charge in [-0.05, 0) is 58.2 Å². The first-order valence-electron chi connectivity index (χ1n) is 11.1. The van der Waals surface area contributed by atoms with Gasteiger partial charge in [-0.25, -0.2) is 4.79 Å². The van der Waals surface area contributed by atoms with Crippen LogP contribution in [0.15, 0.2) is 24.3 Å². The van der Waals surface area contributed by atoms with Gasteiger partial charge >= 0.3 is 5.97 Å². The molecule has 1 heterocycles. The van der Waals surface area contributed by atoms with Crippen molar-refractivity contribution < 1.29 is 23.9 Å². The maximum absolute atomic E-state index is 13.0. The van der Waals surface area contributed by atoms with Crippen molar-refractivity contribution in [2.24, 2.45) is 0 Å². The molecular formula is C26H30N2O5S. The van der Waals surface area contributed by atoms with E-state index in [1.165, 1.54) is 18.3 Å². The molecule has 3 rings (SSSR count). The number of thiophene rings is 1. The van der Waals surface area contributed by atoms with Gasteiger partial charge in [-0.2, -0.15) is 0 Å². The van der Waals surface area contributed by atoms with E-state index < -0.39 is 12.1 Å². The fraction of sp³-hybridized carbons (Fsp3) is 0.346. The summed E-state index contributed by atoms with van der Waals surface area (Å²) in [6.45, 7) is 12.8. The van der Waals surface area contributed by atoms with Crippen molar-refractivity contribution in [3.05, 3.63) is 52.1 Å². The molecule has 180 valence electrons. The predicted octanol–water partition coefficient (Wildman–Crippen LogP) is 5.68. The van der Waals surface area contributed by atoms with E-state index in [0.29, 0.717) is 20.8 Å². The van der Waals surface area contributed by atoms with Crippen LogP contribution in [0.1, 0.15) is 53.4 Å². The van der Waals surface area contributed by atoms with Gasteiger partial charge in [-0.1, -0.05) is 29.8 Å². The molecule has 1 atom stereocenters. The number of carbonyl (C=O) groups excluding carboxylic acids is 3. The van der Waals surface area contributed by atoms with Gasteiger partial charge in [0.2, 0.25) is 5.91 Å². The Bertz CT molecular complexity index is 1250. The first kappa shape index (κ1) is 25.2. The number of amides is 2. The van der Waals surface area contributed by atoms with Crippen LogP contribution < -0.4 is 15.4 Å². The van der Waals surface area contributed by atoms with Crippen LogP contribution in [0.4, 0.5) is 10.7 Å². The third-order valence-corrected chi connectivity index (χ3v) is 6.49. The summed E-state index contributed by atoms with van der Waals surface area (Å²) < 4.78 is 12.0. The molecule has 7 nitrogen and oxygen atoms in total. The van der Waals surface area contributed by atoms with Gasteiger partial charge in [0.1, 0.15) is 16.3 Å². The maximum atomic E-state index is 13.0. The molecule has 2 N–H and O–H groups in total. The Kier molecular flexibility index (Phi) is 7.61. The number of benzene rings is 2. The predicted molar refractivity (Wildman–Crippen MR) is 136 cm³/mol. The molecule has 34 heavy (non-hydrogen) atoms. The third kappa shape index (κ3) is 5.22. The number of nitrogens with one attached hydrogen (secondary N) is 2. The van der Waals surface area contributed by atoms with Crippen molar-refractivity contribution >= 4 is 49.9 Å². The summed E-state index contributed by atoms with van der Waals surface area (Å²) in [6, 6.07) is 7.66. The van der Waals surface area contributed by atoms with Crippen LogP contribution in [-0.2, 0) is 14.3 Å². The SMILES string of the molecule is CCOC(=O)c1c(NC(C)=O)sc2c(O[C@@H](C)C(=O)Nc3c(C)cc(C)cc3C)c(C)ccc12. The number of aryl methyl sites for hydroxylation is 4. The summed E-state index contributed by atoms with van der Waals surface area (Å²) >= 11 is 1.22. The summed E-state index contributed by atoms with van der Waals surface area (Å²) in [5, 5.41) is 6.69. The van der Waals surface area contributed by atoms with Gasteiger partial charge in [0.15, 0.2) is 6.10 Å². The van der Waals surface area contributed by atoms with Crippen LogP contribution in [0.25, 0.3) is 10.1 Å². The standard InChI is InChI=1S/C26H30N2O5S/c1-8-32-26(31)20-19-10-9-14(3)22(23(19)34-25(20)27-18(7)29)33-17(6)24(30)28-21-15(4)11-13(2)12-16(21)5/h9-12,17H,8H2,1-7H3,(H,27,29)(H,28,30)/t17-/m0/s1. The van der Waals surface area contributed by atoms with Crippen LogP contribution in [0.5, 0.6) is 5.75 Å². The number of esters is 1. The van der Waals surface area contributed by atoms with Crippen molar-refractivity contribution in [3.8, 4) is 5.75 Å². The zero-order valence-corrected chi connectivity index (χ0v) is 21.4. The molecule has 0 saturated heterocycles. The topological polar surface area (TPSA) is 93.7 Å². The van der Waals surface area contributed by atoms with E-state index in [1.54, 1.807) is 19.9 Å². The minimum absolute atomic E-state index is 0.208. The lowest BCUT2D eigenvalue weighted by Gasteiger charge is -2.19. The van der Waals surface area contributed by atoms with Gasteiger partial charge in [0.25, 0.3) is 5.91 Å². The minimum Gasteiger partial charge on any atom is -0.479 e. The molecule has 3 aromatic rings. The van der Waals surface area contributed by atoms with Crippen LogP contribution in [0.3, 0.4) is 0 Å². The molecule has 0 aliphatic rings. The van der Waals surface area contributed by atoms with Crippen LogP contribution in [0.2, 0.25) is 0 Å². The molecule has 0 spiro atoms. The van der Waals surface area contributed by atoms with Gasteiger partial charge in [0, 0.05) is 18.0 Å².